The van der Waals surface area contributed by atoms with Crippen LogP contribution in [0.15, 0.2) is 34.7 Å². The molecule has 1 aromatic heterocycles. The van der Waals surface area contributed by atoms with E-state index in [1.807, 2.05) is 18.2 Å². The molecular formula is C18H24N4O3. The molecule has 3 rings (SSSR count). The number of ether oxygens (including phenoxy) is 1. The molecule has 1 fully saturated rings. The topological polar surface area (TPSA) is 71.7 Å². The van der Waals surface area contributed by atoms with Crippen molar-refractivity contribution in [3.63, 3.8) is 0 Å². The van der Waals surface area contributed by atoms with Gasteiger partial charge in [0.15, 0.2) is 0 Å². The summed E-state index contributed by atoms with van der Waals surface area (Å²) in [5.41, 5.74) is 1.28. The fourth-order valence-corrected chi connectivity index (χ4v) is 2.93. The third-order valence-corrected chi connectivity index (χ3v) is 4.24. The molecule has 0 unspecified atom stereocenters. The van der Waals surface area contributed by atoms with Crippen molar-refractivity contribution in [2.24, 2.45) is 0 Å². The predicted molar refractivity (Wildman–Crippen MR) is 91.6 cm³/mol. The molecule has 1 aliphatic rings. The number of carbonyl (C=O) groups is 1. The number of amides is 1. The number of hydrogen-bond acceptors (Lipinski definition) is 6. The maximum Gasteiger partial charge on any atom is 0.235 e. The molecule has 0 saturated carbocycles. The minimum atomic E-state index is -0.0863. The smallest absolute Gasteiger partial charge is 0.235 e. The van der Waals surface area contributed by atoms with Crippen molar-refractivity contribution in [3.8, 4) is 0 Å². The summed E-state index contributed by atoms with van der Waals surface area (Å²) in [5, 5.41) is 7.70. The van der Waals surface area contributed by atoms with Crippen molar-refractivity contribution in [3.05, 3.63) is 47.7 Å². The lowest BCUT2D eigenvalue weighted by atomic mass is 10.1. The number of morpholine rings is 1. The van der Waals surface area contributed by atoms with Gasteiger partial charge in [-0.3, -0.25) is 9.69 Å². The second kappa shape index (κ2) is 8.22. The Hall–Kier alpha value is -2.25. The average Bonchev–Trinajstić information content (AvgIpc) is 3.01. The van der Waals surface area contributed by atoms with E-state index in [1.54, 1.807) is 18.9 Å². The summed E-state index contributed by atoms with van der Waals surface area (Å²) in [4.78, 5) is 16.4. The Kier molecular flexibility index (Phi) is 5.78. The van der Waals surface area contributed by atoms with Crippen LogP contribution in [0.5, 0.6) is 0 Å². The van der Waals surface area contributed by atoms with Crippen LogP contribution in [0, 0.1) is 6.92 Å². The Bertz CT molecular complexity index is 689. The van der Waals surface area contributed by atoms with E-state index in [0.29, 0.717) is 31.4 Å². The standard InChI is InChI=1S/C18H24N4O3/c1-14-19-20-17(25-14)13-21(2)18(23)10-16-12-22(8-9-24-16)11-15-6-4-3-5-7-15/h3-7,16H,8-13H2,1-2H3/t16-/m0/s1. The molecular weight excluding hydrogens is 320 g/mol. The van der Waals surface area contributed by atoms with Gasteiger partial charge in [-0.2, -0.15) is 0 Å². The van der Waals surface area contributed by atoms with Gasteiger partial charge in [0, 0.05) is 33.6 Å². The van der Waals surface area contributed by atoms with Crippen LogP contribution in [0.4, 0.5) is 0 Å². The first kappa shape index (κ1) is 17.6. The van der Waals surface area contributed by atoms with E-state index >= 15 is 0 Å². The highest BCUT2D eigenvalue weighted by Gasteiger charge is 2.24. The van der Waals surface area contributed by atoms with Crippen LogP contribution in [-0.4, -0.2) is 58.8 Å². The minimum absolute atomic E-state index is 0.0161. The molecule has 0 radical (unpaired) electrons. The quantitative estimate of drug-likeness (QED) is 0.793. The van der Waals surface area contributed by atoms with Crippen molar-refractivity contribution >= 4 is 5.91 Å². The fraction of sp³-hybridized carbons (Fsp3) is 0.500. The van der Waals surface area contributed by atoms with Crippen LogP contribution >= 0.6 is 0 Å². The number of nitrogens with zero attached hydrogens (tertiary/aromatic N) is 4. The van der Waals surface area contributed by atoms with Crippen molar-refractivity contribution in [2.75, 3.05) is 26.7 Å². The highest BCUT2D eigenvalue weighted by molar-refractivity contribution is 5.76. The lowest BCUT2D eigenvalue weighted by Gasteiger charge is -2.33. The third kappa shape index (κ3) is 5.11. The van der Waals surface area contributed by atoms with Crippen LogP contribution in [0.2, 0.25) is 0 Å². The number of aryl methyl sites for hydroxylation is 1. The number of carbonyl (C=O) groups excluding carboxylic acids is 1. The van der Waals surface area contributed by atoms with E-state index in [4.69, 9.17) is 9.15 Å². The zero-order chi connectivity index (χ0) is 17.6. The normalized spacial score (nSPS) is 18.2. The zero-order valence-electron chi connectivity index (χ0n) is 14.7. The highest BCUT2D eigenvalue weighted by atomic mass is 16.5. The maximum atomic E-state index is 12.4. The summed E-state index contributed by atoms with van der Waals surface area (Å²) >= 11 is 0. The molecule has 1 amide bonds. The minimum Gasteiger partial charge on any atom is -0.424 e. The largest absolute Gasteiger partial charge is 0.424 e. The van der Waals surface area contributed by atoms with Gasteiger partial charge in [-0.15, -0.1) is 10.2 Å². The molecule has 0 N–H and O–H groups in total. The average molecular weight is 344 g/mol. The summed E-state index contributed by atoms with van der Waals surface area (Å²) in [6, 6.07) is 10.4. The van der Waals surface area contributed by atoms with Crippen LogP contribution < -0.4 is 0 Å². The first-order valence-electron chi connectivity index (χ1n) is 8.51. The Morgan fingerprint density at radius 3 is 2.84 bits per heavy atom. The highest BCUT2D eigenvalue weighted by Crippen LogP contribution is 2.14. The number of rotatable bonds is 6. The van der Waals surface area contributed by atoms with Gasteiger partial charge in [-0.05, 0) is 5.56 Å². The summed E-state index contributed by atoms with van der Waals surface area (Å²) < 4.78 is 11.1. The van der Waals surface area contributed by atoms with Gasteiger partial charge in [0.05, 0.1) is 25.7 Å². The van der Waals surface area contributed by atoms with E-state index in [1.165, 1.54) is 5.56 Å². The number of aromatic nitrogens is 2. The van der Waals surface area contributed by atoms with Crippen LogP contribution in [-0.2, 0) is 22.6 Å². The molecule has 1 saturated heterocycles. The molecule has 134 valence electrons. The van der Waals surface area contributed by atoms with Gasteiger partial charge in [-0.1, -0.05) is 30.3 Å². The van der Waals surface area contributed by atoms with Crippen molar-refractivity contribution in [2.45, 2.75) is 32.5 Å². The summed E-state index contributed by atoms with van der Waals surface area (Å²) in [7, 11) is 1.74. The molecule has 7 heteroatoms. The summed E-state index contributed by atoms with van der Waals surface area (Å²) in [6.45, 7) is 5.23. The zero-order valence-corrected chi connectivity index (χ0v) is 14.7. The van der Waals surface area contributed by atoms with Crippen LogP contribution in [0.1, 0.15) is 23.8 Å². The fourth-order valence-electron chi connectivity index (χ4n) is 2.93. The SMILES string of the molecule is Cc1nnc(CN(C)C(=O)C[C@H]2CN(Cc3ccccc3)CCO2)o1. The Morgan fingerprint density at radius 1 is 1.32 bits per heavy atom. The molecule has 1 aliphatic heterocycles. The van der Waals surface area contributed by atoms with Crippen molar-refractivity contribution < 1.29 is 13.9 Å². The molecule has 2 aromatic rings. The van der Waals surface area contributed by atoms with Gasteiger partial charge >= 0.3 is 0 Å². The molecule has 7 nitrogen and oxygen atoms in total. The molecule has 2 heterocycles. The molecule has 1 aromatic carbocycles. The second-order valence-corrected chi connectivity index (χ2v) is 6.38. The number of benzene rings is 1. The van der Waals surface area contributed by atoms with Gasteiger partial charge in [0.1, 0.15) is 0 Å². The lowest BCUT2D eigenvalue weighted by molar-refractivity contribution is -0.135. The van der Waals surface area contributed by atoms with E-state index in [2.05, 4.69) is 27.2 Å². The predicted octanol–water partition coefficient (Wildman–Crippen LogP) is 1.63. The molecule has 1 atom stereocenters. The van der Waals surface area contributed by atoms with E-state index in [9.17, 15) is 4.79 Å². The Balaban J connectivity index is 1.48. The second-order valence-electron chi connectivity index (χ2n) is 6.38. The van der Waals surface area contributed by atoms with Crippen molar-refractivity contribution in [1.82, 2.24) is 20.0 Å². The summed E-state index contributed by atoms with van der Waals surface area (Å²) in [5.74, 6) is 0.967. The first-order chi connectivity index (χ1) is 12.1. The lowest BCUT2D eigenvalue weighted by Crippen LogP contribution is -2.44. The molecule has 25 heavy (non-hydrogen) atoms. The van der Waals surface area contributed by atoms with Crippen LogP contribution in [0.3, 0.4) is 0 Å². The van der Waals surface area contributed by atoms with Crippen molar-refractivity contribution in [1.29, 1.82) is 0 Å². The van der Waals surface area contributed by atoms with Gasteiger partial charge < -0.3 is 14.1 Å². The van der Waals surface area contributed by atoms with Crippen LogP contribution in [0.25, 0.3) is 0 Å². The summed E-state index contributed by atoms with van der Waals surface area (Å²) in [6.07, 6.45) is 0.270. The first-order valence-corrected chi connectivity index (χ1v) is 8.51. The van der Waals surface area contributed by atoms with E-state index in [-0.39, 0.29) is 12.0 Å². The molecule has 0 bridgehead atoms. The van der Waals surface area contributed by atoms with E-state index in [0.717, 1.165) is 19.6 Å². The molecule has 0 spiro atoms. The molecule has 0 aliphatic carbocycles. The Labute approximate surface area is 147 Å². The van der Waals surface area contributed by atoms with Gasteiger partial charge in [0.25, 0.3) is 0 Å². The number of hydrogen-bond donors (Lipinski definition) is 0. The Morgan fingerprint density at radius 2 is 2.12 bits per heavy atom. The van der Waals surface area contributed by atoms with E-state index < -0.39 is 0 Å². The third-order valence-electron chi connectivity index (χ3n) is 4.24. The van der Waals surface area contributed by atoms with Gasteiger partial charge in [-0.25, -0.2) is 0 Å². The monoisotopic (exact) mass is 344 g/mol. The maximum absolute atomic E-state index is 12.4. The van der Waals surface area contributed by atoms with Gasteiger partial charge in [0.2, 0.25) is 17.7 Å².